The van der Waals surface area contributed by atoms with E-state index in [1.165, 1.54) is 43.3 Å². The third kappa shape index (κ3) is 3.05. The summed E-state index contributed by atoms with van der Waals surface area (Å²) in [6.07, 6.45) is 1.25. The van der Waals surface area contributed by atoms with E-state index >= 15 is 0 Å². The molecule has 0 N–H and O–H groups in total. The number of hydrogen-bond acceptors (Lipinski definition) is 7. The summed E-state index contributed by atoms with van der Waals surface area (Å²) in [4.78, 5) is 37.1. The number of para-hydroxylation sites is 1. The fourth-order valence-corrected chi connectivity index (χ4v) is 2.50. The molecule has 0 spiro atoms. The number of nitro groups is 2. The summed E-state index contributed by atoms with van der Waals surface area (Å²) in [6, 6.07) is 10.2. The van der Waals surface area contributed by atoms with Crippen molar-refractivity contribution < 1.29 is 19.4 Å². The Morgan fingerprint density at radius 1 is 1.00 bits per heavy atom. The molecule has 0 radical (unpaired) electrons. The molecule has 1 heterocycles. The fourth-order valence-electron chi connectivity index (χ4n) is 2.50. The Morgan fingerprint density at radius 3 is 2.35 bits per heavy atom. The molecule has 9 nitrogen and oxygen atoms in total. The van der Waals surface area contributed by atoms with Crippen LogP contribution in [0, 0.1) is 27.2 Å². The normalized spacial score (nSPS) is 14.9. The first-order chi connectivity index (χ1) is 12.4. The second kappa shape index (κ2) is 6.55. The van der Waals surface area contributed by atoms with Gasteiger partial charge in [0.05, 0.1) is 15.4 Å². The molecule has 26 heavy (non-hydrogen) atoms. The number of carbonyl (C=O) groups excluding carboxylic acids is 1. The molecule has 0 saturated carbocycles. The maximum atomic E-state index is 12.1. The molecule has 0 unspecified atom stereocenters. The van der Waals surface area contributed by atoms with Crippen LogP contribution in [0.5, 0.6) is 0 Å². The van der Waals surface area contributed by atoms with Crippen LogP contribution < -0.4 is 0 Å². The van der Waals surface area contributed by atoms with E-state index in [-0.39, 0.29) is 28.5 Å². The lowest BCUT2D eigenvalue weighted by atomic mass is 10.1. The van der Waals surface area contributed by atoms with Gasteiger partial charge in [0, 0.05) is 23.3 Å². The minimum Gasteiger partial charge on any atom is -0.402 e. The van der Waals surface area contributed by atoms with Gasteiger partial charge in [-0.15, -0.1) is 0 Å². The molecule has 3 rings (SSSR count). The Kier molecular flexibility index (Phi) is 4.27. The summed E-state index contributed by atoms with van der Waals surface area (Å²) in [6.45, 7) is 1.52. The molecule has 1 aliphatic rings. The summed E-state index contributed by atoms with van der Waals surface area (Å²) in [5.41, 5.74) is 0.375. The van der Waals surface area contributed by atoms with Gasteiger partial charge in [0.15, 0.2) is 5.70 Å². The van der Waals surface area contributed by atoms with Crippen LogP contribution in [-0.4, -0.2) is 21.7 Å². The minimum absolute atomic E-state index is 0.0824. The van der Waals surface area contributed by atoms with Gasteiger partial charge >= 0.3 is 5.97 Å². The molecule has 0 saturated heterocycles. The summed E-state index contributed by atoms with van der Waals surface area (Å²) >= 11 is 0. The van der Waals surface area contributed by atoms with Crippen LogP contribution in [0.15, 0.2) is 53.2 Å². The smallest absolute Gasteiger partial charge is 0.363 e. The highest BCUT2D eigenvalue weighted by molar-refractivity contribution is 6.13. The van der Waals surface area contributed by atoms with Crippen molar-refractivity contribution in [2.75, 3.05) is 0 Å². The fraction of sp³-hybridized carbons (Fsp3) is 0.0588. The minimum atomic E-state index is -0.788. The molecule has 2 aromatic rings. The van der Waals surface area contributed by atoms with Crippen LogP contribution in [0.25, 0.3) is 6.08 Å². The first kappa shape index (κ1) is 17.0. The summed E-state index contributed by atoms with van der Waals surface area (Å²) in [5.74, 6) is -0.870. The van der Waals surface area contributed by atoms with Gasteiger partial charge in [0.25, 0.3) is 11.4 Å². The van der Waals surface area contributed by atoms with Crippen molar-refractivity contribution in [1.82, 2.24) is 0 Å². The zero-order valence-electron chi connectivity index (χ0n) is 13.4. The van der Waals surface area contributed by atoms with E-state index in [0.29, 0.717) is 11.1 Å². The van der Waals surface area contributed by atoms with Gasteiger partial charge in [0.2, 0.25) is 5.90 Å². The number of nitro benzene ring substituents is 2. The Balaban J connectivity index is 2.05. The van der Waals surface area contributed by atoms with Crippen molar-refractivity contribution in [2.45, 2.75) is 6.92 Å². The zero-order valence-corrected chi connectivity index (χ0v) is 13.4. The van der Waals surface area contributed by atoms with Crippen LogP contribution in [-0.2, 0) is 9.53 Å². The topological polar surface area (TPSA) is 125 Å². The first-order valence-electron chi connectivity index (χ1n) is 7.39. The van der Waals surface area contributed by atoms with E-state index in [1.807, 2.05) is 0 Å². The molecule has 0 atom stereocenters. The monoisotopic (exact) mass is 353 g/mol. The van der Waals surface area contributed by atoms with Crippen molar-refractivity contribution >= 4 is 29.3 Å². The molecule has 0 aliphatic carbocycles. The third-order valence-electron chi connectivity index (χ3n) is 3.78. The number of nitrogens with zero attached hydrogens (tertiary/aromatic N) is 3. The SMILES string of the molecule is Cc1c(C2=N/C(=C/c3ccccc3[N+](=O)[O-])C(=O)O2)cccc1[N+](=O)[O-]. The predicted octanol–water partition coefficient (Wildman–Crippen LogP) is 3.16. The van der Waals surface area contributed by atoms with Crippen LogP contribution in [0.1, 0.15) is 16.7 Å². The van der Waals surface area contributed by atoms with Gasteiger partial charge < -0.3 is 4.74 Å². The van der Waals surface area contributed by atoms with Crippen molar-refractivity contribution in [3.05, 3.63) is 85.1 Å². The Morgan fingerprint density at radius 2 is 1.65 bits per heavy atom. The molecule has 2 aromatic carbocycles. The van der Waals surface area contributed by atoms with Crippen LogP contribution in [0.3, 0.4) is 0 Å². The van der Waals surface area contributed by atoms with Gasteiger partial charge in [-0.1, -0.05) is 18.2 Å². The molecular formula is C17H11N3O6. The number of hydrogen-bond donors (Lipinski definition) is 0. The molecule has 0 bridgehead atoms. The molecule has 1 aliphatic heterocycles. The van der Waals surface area contributed by atoms with Crippen molar-refractivity contribution in [3.8, 4) is 0 Å². The first-order valence-corrected chi connectivity index (χ1v) is 7.39. The summed E-state index contributed by atoms with van der Waals surface area (Å²) in [5, 5.41) is 22.1. The third-order valence-corrected chi connectivity index (χ3v) is 3.78. The van der Waals surface area contributed by atoms with Gasteiger partial charge in [-0.3, -0.25) is 20.2 Å². The number of ether oxygens (including phenoxy) is 1. The van der Waals surface area contributed by atoms with Gasteiger partial charge in [-0.05, 0) is 25.1 Å². The van der Waals surface area contributed by atoms with E-state index in [0.717, 1.165) is 0 Å². The van der Waals surface area contributed by atoms with Gasteiger partial charge in [-0.25, -0.2) is 9.79 Å². The Labute approximate surface area is 146 Å². The molecule has 0 aromatic heterocycles. The average Bonchev–Trinajstić information content (AvgIpc) is 2.95. The Hall–Kier alpha value is -3.88. The second-order valence-corrected chi connectivity index (χ2v) is 5.36. The lowest BCUT2D eigenvalue weighted by Crippen LogP contribution is -2.08. The quantitative estimate of drug-likeness (QED) is 0.360. The van der Waals surface area contributed by atoms with E-state index in [4.69, 9.17) is 4.74 Å². The standard InChI is InChI=1S/C17H11N3O6/c1-10-12(6-4-8-14(10)19(22)23)16-18-13(17(21)26-16)9-11-5-2-3-7-15(11)20(24)25/h2-9H,1H3/b13-9+. The molecule has 9 heteroatoms. The number of cyclic esters (lactones) is 1. The van der Waals surface area contributed by atoms with Crippen LogP contribution in [0.2, 0.25) is 0 Å². The number of benzene rings is 2. The largest absolute Gasteiger partial charge is 0.402 e. The number of rotatable bonds is 4. The second-order valence-electron chi connectivity index (χ2n) is 5.36. The van der Waals surface area contributed by atoms with Crippen LogP contribution >= 0.6 is 0 Å². The molecule has 0 fully saturated rings. The highest BCUT2D eigenvalue weighted by atomic mass is 16.6. The molecule has 130 valence electrons. The van der Waals surface area contributed by atoms with Crippen molar-refractivity contribution in [2.24, 2.45) is 4.99 Å². The highest BCUT2D eigenvalue weighted by Crippen LogP contribution is 2.27. The van der Waals surface area contributed by atoms with Crippen LogP contribution in [0.4, 0.5) is 11.4 Å². The van der Waals surface area contributed by atoms with Gasteiger partial charge in [0.1, 0.15) is 0 Å². The highest BCUT2D eigenvalue weighted by Gasteiger charge is 2.28. The van der Waals surface area contributed by atoms with E-state index in [9.17, 15) is 25.0 Å². The number of esters is 1. The van der Waals surface area contributed by atoms with E-state index in [2.05, 4.69) is 4.99 Å². The summed E-state index contributed by atoms with van der Waals surface area (Å²) < 4.78 is 5.10. The lowest BCUT2D eigenvalue weighted by Gasteiger charge is -2.04. The zero-order chi connectivity index (χ0) is 18.8. The van der Waals surface area contributed by atoms with Gasteiger partial charge in [-0.2, -0.15) is 0 Å². The van der Waals surface area contributed by atoms with E-state index in [1.54, 1.807) is 12.1 Å². The molecular weight excluding hydrogens is 342 g/mol. The van der Waals surface area contributed by atoms with Crippen molar-refractivity contribution in [3.63, 3.8) is 0 Å². The number of carbonyl (C=O) groups is 1. The van der Waals surface area contributed by atoms with Crippen molar-refractivity contribution in [1.29, 1.82) is 0 Å². The summed E-state index contributed by atoms with van der Waals surface area (Å²) in [7, 11) is 0. The lowest BCUT2D eigenvalue weighted by molar-refractivity contribution is -0.385. The van der Waals surface area contributed by atoms with E-state index < -0.39 is 15.8 Å². The Bertz CT molecular complexity index is 1010. The predicted molar refractivity (Wildman–Crippen MR) is 91.5 cm³/mol. The maximum Gasteiger partial charge on any atom is 0.363 e. The number of aliphatic imine (C=N–C) groups is 1. The molecule has 0 amide bonds. The average molecular weight is 353 g/mol. The maximum absolute atomic E-state index is 12.1.